The van der Waals surface area contributed by atoms with Crippen LogP contribution in [0.3, 0.4) is 0 Å². The Morgan fingerprint density at radius 1 is 1.12 bits per heavy atom. The van der Waals surface area contributed by atoms with E-state index >= 15 is 0 Å². The van der Waals surface area contributed by atoms with E-state index in [1.807, 2.05) is 55.5 Å². The molecule has 1 amide bonds. The number of carbonyl (C=O) groups excluding carboxylic acids is 1. The molecule has 2 aromatic carbocycles. The second-order valence-corrected chi connectivity index (χ2v) is 5.75. The van der Waals surface area contributed by atoms with Crippen molar-refractivity contribution in [1.82, 2.24) is 5.32 Å². The quantitative estimate of drug-likeness (QED) is 0.917. The number of morpholine rings is 1. The van der Waals surface area contributed by atoms with Gasteiger partial charge in [0.2, 0.25) is 5.91 Å². The summed E-state index contributed by atoms with van der Waals surface area (Å²) in [6.07, 6.45) is -0.613. The first-order chi connectivity index (χ1) is 11.7. The van der Waals surface area contributed by atoms with Crippen LogP contribution >= 0.6 is 0 Å². The number of rotatable bonds is 5. The molecule has 0 spiro atoms. The van der Waals surface area contributed by atoms with Crippen molar-refractivity contribution in [2.75, 3.05) is 20.3 Å². The predicted molar refractivity (Wildman–Crippen MR) is 90.3 cm³/mol. The molecule has 1 N–H and O–H groups in total. The summed E-state index contributed by atoms with van der Waals surface area (Å²) < 4.78 is 17.3. The first-order valence-corrected chi connectivity index (χ1v) is 7.92. The zero-order valence-electron chi connectivity index (χ0n) is 13.8. The Hall–Kier alpha value is -2.53. The molecule has 1 fully saturated rings. The zero-order chi connectivity index (χ0) is 16.9. The van der Waals surface area contributed by atoms with E-state index in [9.17, 15) is 4.79 Å². The van der Waals surface area contributed by atoms with Gasteiger partial charge in [-0.25, -0.2) is 0 Å². The fourth-order valence-electron chi connectivity index (χ4n) is 2.67. The maximum Gasteiger partial charge on any atom is 0.246 e. The fourth-order valence-corrected chi connectivity index (χ4v) is 2.67. The van der Waals surface area contributed by atoms with Crippen LogP contribution in [0.5, 0.6) is 11.5 Å². The van der Waals surface area contributed by atoms with Gasteiger partial charge in [-0.15, -0.1) is 0 Å². The maximum atomic E-state index is 11.4. The summed E-state index contributed by atoms with van der Waals surface area (Å²) in [5.41, 5.74) is 2.17. The minimum Gasteiger partial charge on any atom is -0.493 e. The van der Waals surface area contributed by atoms with Gasteiger partial charge in [-0.3, -0.25) is 4.79 Å². The molecule has 0 bridgehead atoms. The van der Waals surface area contributed by atoms with Crippen molar-refractivity contribution >= 4 is 5.91 Å². The van der Waals surface area contributed by atoms with Crippen molar-refractivity contribution < 1.29 is 19.0 Å². The summed E-state index contributed by atoms with van der Waals surface area (Å²) >= 11 is 0. The topological polar surface area (TPSA) is 56.8 Å². The van der Waals surface area contributed by atoms with Crippen LogP contribution in [-0.4, -0.2) is 32.3 Å². The lowest BCUT2D eigenvalue weighted by molar-refractivity contribution is -0.137. The number of benzene rings is 2. The molecule has 1 aliphatic rings. The number of para-hydroxylation sites is 2. The fraction of sp³-hybridized carbons (Fsp3) is 0.316. The third-order valence-electron chi connectivity index (χ3n) is 4.00. The molecule has 1 heterocycles. The van der Waals surface area contributed by atoms with Gasteiger partial charge in [0.15, 0.2) is 17.6 Å². The van der Waals surface area contributed by atoms with E-state index in [2.05, 4.69) is 5.32 Å². The number of amides is 1. The van der Waals surface area contributed by atoms with E-state index in [1.165, 1.54) is 5.56 Å². The van der Waals surface area contributed by atoms with Gasteiger partial charge in [0, 0.05) is 6.54 Å². The van der Waals surface area contributed by atoms with E-state index in [4.69, 9.17) is 14.2 Å². The van der Waals surface area contributed by atoms with E-state index in [0.717, 1.165) is 5.56 Å². The van der Waals surface area contributed by atoms with Crippen LogP contribution in [0.1, 0.15) is 17.2 Å². The van der Waals surface area contributed by atoms with Crippen LogP contribution in [0.2, 0.25) is 0 Å². The van der Waals surface area contributed by atoms with Crippen LogP contribution in [0.25, 0.3) is 0 Å². The average Bonchev–Trinajstić information content (AvgIpc) is 2.62. The highest BCUT2D eigenvalue weighted by Gasteiger charge is 2.30. The first-order valence-electron chi connectivity index (χ1n) is 7.92. The van der Waals surface area contributed by atoms with Crippen LogP contribution in [-0.2, 0) is 9.53 Å². The Kier molecular flexibility index (Phi) is 5.01. The summed E-state index contributed by atoms with van der Waals surface area (Å²) in [5.74, 6) is 1.20. The monoisotopic (exact) mass is 327 g/mol. The Balaban J connectivity index is 1.89. The number of carbonyl (C=O) groups is 1. The molecule has 2 unspecified atom stereocenters. The molecule has 3 rings (SSSR count). The molecule has 5 heteroatoms. The van der Waals surface area contributed by atoms with Crippen molar-refractivity contribution in [3.8, 4) is 11.5 Å². The number of nitrogens with one attached hydrogen (secondary N) is 1. The highest BCUT2D eigenvalue weighted by atomic mass is 16.6. The molecular formula is C19H21NO4. The molecule has 5 nitrogen and oxygen atoms in total. The van der Waals surface area contributed by atoms with Crippen LogP contribution < -0.4 is 14.8 Å². The summed E-state index contributed by atoms with van der Waals surface area (Å²) in [6.45, 7) is 2.49. The average molecular weight is 327 g/mol. The molecule has 0 aromatic heterocycles. The van der Waals surface area contributed by atoms with Crippen molar-refractivity contribution in [2.24, 2.45) is 0 Å². The standard InChI is InChI=1S/C19H21NO4/c1-13-7-9-14(10-8-13)19(17-11-20-18(21)12-23-17)24-16-6-4-3-5-15(16)22-2/h3-10,17,19H,11-12H2,1-2H3,(H,20,21). The third-order valence-corrected chi connectivity index (χ3v) is 4.00. The van der Waals surface area contributed by atoms with Crippen molar-refractivity contribution in [1.29, 1.82) is 0 Å². The lowest BCUT2D eigenvalue weighted by atomic mass is 10.0. The lowest BCUT2D eigenvalue weighted by Crippen LogP contribution is -2.46. The van der Waals surface area contributed by atoms with Crippen molar-refractivity contribution in [3.63, 3.8) is 0 Å². The van der Waals surface area contributed by atoms with Crippen LogP contribution in [0.15, 0.2) is 48.5 Å². The van der Waals surface area contributed by atoms with E-state index in [-0.39, 0.29) is 24.7 Å². The molecule has 2 aromatic rings. The summed E-state index contributed by atoms with van der Waals surface area (Å²) in [5, 5.41) is 2.83. The number of hydrogen-bond acceptors (Lipinski definition) is 4. The van der Waals surface area contributed by atoms with Crippen molar-refractivity contribution in [3.05, 3.63) is 59.7 Å². The van der Waals surface area contributed by atoms with Gasteiger partial charge >= 0.3 is 0 Å². The number of ether oxygens (including phenoxy) is 3. The van der Waals surface area contributed by atoms with Gasteiger partial charge in [-0.2, -0.15) is 0 Å². The first kappa shape index (κ1) is 16.3. The highest BCUT2D eigenvalue weighted by molar-refractivity contribution is 5.77. The molecule has 0 saturated carbocycles. The number of hydrogen-bond donors (Lipinski definition) is 1. The molecule has 0 aliphatic carbocycles. The molecule has 0 radical (unpaired) electrons. The van der Waals surface area contributed by atoms with Gasteiger partial charge in [-0.1, -0.05) is 42.0 Å². The molecule has 2 atom stereocenters. The molecular weight excluding hydrogens is 306 g/mol. The predicted octanol–water partition coefficient (Wildman–Crippen LogP) is 2.64. The van der Waals surface area contributed by atoms with E-state index in [1.54, 1.807) is 7.11 Å². The number of methoxy groups -OCH3 is 1. The summed E-state index contributed by atoms with van der Waals surface area (Å²) in [4.78, 5) is 11.4. The minimum atomic E-state index is -0.345. The largest absolute Gasteiger partial charge is 0.493 e. The summed E-state index contributed by atoms with van der Waals surface area (Å²) in [7, 11) is 1.61. The van der Waals surface area contributed by atoms with E-state index < -0.39 is 0 Å². The minimum absolute atomic E-state index is 0.0440. The molecule has 1 saturated heterocycles. The third kappa shape index (κ3) is 3.68. The molecule has 24 heavy (non-hydrogen) atoms. The smallest absolute Gasteiger partial charge is 0.246 e. The highest BCUT2D eigenvalue weighted by Crippen LogP contribution is 2.33. The van der Waals surface area contributed by atoms with Gasteiger partial charge < -0.3 is 19.5 Å². The molecule has 126 valence electrons. The Morgan fingerprint density at radius 3 is 2.46 bits per heavy atom. The van der Waals surface area contributed by atoms with Gasteiger partial charge in [-0.05, 0) is 24.6 Å². The van der Waals surface area contributed by atoms with Gasteiger partial charge in [0.05, 0.1) is 7.11 Å². The van der Waals surface area contributed by atoms with E-state index in [0.29, 0.717) is 18.0 Å². The second kappa shape index (κ2) is 7.36. The Morgan fingerprint density at radius 2 is 1.83 bits per heavy atom. The second-order valence-electron chi connectivity index (χ2n) is 5.75. The van der Waals surface area contributed by atoms with Gasteiger partial charge in [0.25, 0.3) is 0 Å². The summed E-state index contributed by atoms with van der Waals surface area (Å²) in [6, 6.07) is 15.6. The van der Waals surface area contributed by atoms with Crippen LogP contribution in [0.4, 0.5) is 0 Å². The lowest BCUT2D eigenvalue weighted by Gasteiger charge is -2.31. The maximum absolute atomic E-state index is 11.4. The normalized spacial score (nSPS) is 18.6. The zero-order valence-corrected chi connectivity index (χ0v) is 13.8. The number of aryl methyl sites for hydroxylation is 1. The molecule has 1 aliphatic heterocycles. The van der Waals surface area contributed by atoms with Gasteiger partial charge in [0.1, 0.15) is 12.7 Å². The van der Waals surface area contributed by atoms with Crippen molar-refractivity contribution in [2.45, 2.75) is 19.1 Å². The SMILES string of the molecule is COc1ccccc1OC(c1ccc(C)cc1)C1CNC(=O)CO1. The Bertz CT molecular complexity index is 689. The Labute approximate surface area is 141 Å². The van der Waals surface area contributed by atoms with Crippen LogP contribution in [0, 0.1) is 6.92 Å².